The third-order valence-electron chi connectivity index (χ3n) is 3.35. The van der Waals surface area contributed by atoms with Crippen molar-refractivity contribution in [1.29, 1.82) is 0 Å². The van der Waals surface area contributed by atoms with Crippen molar-refractivity contribution in [2.45, 2.75) is 33.2 Å². The first-order valence-corrected chi connectivity index (χ1v) is 7.56. The maximum absolute atomic E-state index is 5.39. The van der Waals surface area contributed by atoms with Gasteiger partial charge in [-0.3, -0.25) is 0 Å². The molecule has 1 aromatic carbocycles. The first-order valence-electron chi connectivity index (χ1n) is 7.15. The molecule has 0 saturated heterocycles. The van der Waals surface area contributed by atoms with Crippen LogP contribution in [0.15, 0.2) is 42.6 Å². The Morgan fingerprint density at radius 1 is 1.14 bits per heavy atom. The van der Waals surface area contributed by atoms with E-state index in [2.05, 4.69) is 53.7 Å². The second-order valence-corrected chi connectivity index (χ2v) is 5.60. The fraction of sp³-hybridized carbons (Fsp3) is 0.294. The second-order valence-electron chi connectivity index (χ2n) is 5.19. The van der Waals surface area contributed by atoms with Gasteiger partial charge in [0.2, 0.25) is 0 Å². The van der Waals surface area contributed by atoms with Crippen molar-refractivity contribution in [1.82, 2.24) is 10.3 Å². The Morgan fingerprint density at radius 2 is 1.86 bits per heavy atom. The first-order chi connectivity index (χ1) is 10.1. The lowest BCUT2D eigenvalue weighted by atomic mass is 10.0. The summed E-state index contributed by atoms with van der Waals surface area (Å²) in [5.41, 5.74) is 3.66. The lowest BCUT2D eigenvalue weighted by Gasteiger charge is -2.20. The van der Waals surface area contributed by atoms with Gasteiger partial charge in [-0.05, 0) is 55.7 Å². The molecule has 0 radical (unpaired) electrons. The number of hydrogen-bond donors (Lipinski definition) is 2. The van der Waals surface area contributed by atoms with Gasteiger partial charge in [0.25, 0.3) is 0 Å². The Hall–Kier alpha value is -1.94. The van der Waals surface area contributed by atoms with E-state index in [-0.39, 0.29) is 6.04 Å². The molecule has 2 aromatic rings. The monoisotopic (exact) mass is 299 g/mol. The molecule has 0 spiro atoms. The molecule has 0 bridgehead atoms. The molecule has 2 N–H and O–H groups in total. The van der Waals surface area contributed by atoms with Gasteiger partial charge in [0.15, 0.2) is 5.11 Å². The number of rotatable bonds is 4. The van der Waals surface area contributed by atoms with Gasteiger partial charge in [-0.25, -0.2) is 4.98 Å². The Balaban J connectivity index is 2.01. The zero-order valence-electron chi connectivity index (χ0n) is 12.7. The van der Waals surface area contributed by atoms with Gasteiger partial charge in [0.05, 0.1) is 6.04 Å². The van der Waals surface area contributed by atoms with Crippen LogP contribution in [0.5, 0.6) is 0 Å². The SMILES string of the molecule is CC[C@H](NC(=S)Nc1cc(C)ccn1)c1ccc(C)cc1. The van der Waals surface area contributed by atoms with Crippen LogP contribution in [0.4, 0.5) is 5.82 Å². The zero-order valence-corrected chi connectivity index (χ0v) is 13.5. The third kappa shape index (κ3) is 4.53. The van der Waals surface area contributed by atoms with Crippen LogP contribution in [0, 0.1) is 13.8 Å². The molecule has 110 valence electrons. The molecule has 0 amide bonds. The van der Waals surface area contributed by atoms with E-state index in [1.165, 1.54) is 11.1 Å². The number of nitrogens with zero attached hydrogens (tertiary/aromatic N) is 1. The molecule has 0 aliphatic rings. The molecular formula is C17H21N3S. The molecule has 0 saturated carbocycles. The van der Waals surface area contributed by atoms with Crippen molar-refractivity contribution in [2.24, 2.45) is 0 Å². The van der Waals surface area contributed by atoms with Crippen molar-refractivity contribution in [2.75, 3.05) is 5.32 Å². The summed E-state index contributed by atoms with van der Waals surface area (Å²) in [6, 6.07) is 12.7. The fourth-order valence-electron chi connectivity index (χ4n) is 2.14. The number of hydrogen-bond acceptors (Lipinski definition) is 2. The molecule has 1 aromatic heterocycles. The van der Waals surface area contributed by atoms with Crippen LogP contribution in [0.2, 0.25) is 0 Å². The molecule has 3 nitrogen and oxygen atoms in total. The van der Waals surface area contributed by atoms with E-state index in [4.69, 9.17) is 12.2 Å². The van der Waals surface area contributed by atoms with E-state index >= 15 is 0 Å². The largest absolute Gasteiger partial charge is 0.356 e. The topological polar surface area (TPSA) is 37.0 Å². The van der Waals surface area contributed by atoms with Crippen LogP contribution in [0.25, 0.3) is 0 Å². The van der Waals surface area contributed by atoms with Gasteiger partial charge in [0.1, 0.15) is 5.82 Å². The number of aromatic nitrogens is 1. The lowest BCUT2D eigenvalue weighted by Crippen LogP contribution is -2.32. The van der Waals surface area contributed by atoms with E-state index in [9.17, 15) is 0 Å². The quantitative estimate of drug-likeness (QED) is 0.832. The number of pyridine rings is 1. The molecule has 1 atom stereocenters. The summed E-state index contributed by atoms with van der Waals surface area (Å²) >= 11 is 5.39. The molecule has 0 fully saturated rings. The van der Waals surface area contributed by atoms with Crippen LogP contribution < -0.4 is 10.6 Å². The summed E-state index contributed by atoms with van der Waals surface area (Å²) in [7, 11) is 0. The van der Waals surface area contributed by atoms with Crippen molar-refractivity contribution in [3.05, 3.63) is 59.3 Å². The van der Waals surface area contributed by atoms with Crippen LogP contribution in [-0.4, -0.2) is 10.1 Å². The molecule has 0 aliphatic carbocycles. The molecular weight excluding hydrogens is 278 g/mol. The average Bonchev–Trinajstić information content (AvgIpc) is 2.46. The predicted octanol–water partition coefficient (Wildman–Crippen LogP) is 4.14. The number of nitrogens with one attached hydrogen (secondary N) is 2. The highest BCUT2D eigenvalue weighted by molar-refractivity contribution is 7.80. The molecule has 0 unspecified atom stereocenters. The van der Waals surface area contributed by atoms with E-state index in [0.717, 1.165) is 17.8 Å². The summed E-state index contributed by atoms with van der Waals surface area (Å²) in [5.74, 6) is 0.770. The summed E-state index contributed by atoms with van der Waals surface area (Å²) in [4.78, 5) is 4.26. The van der Waals surface area contributed by atoms with Gasteiger partial charge in [-0.1, -0.05) is 36.8 Å². The summed E-state index contributed by atoms with van der Waals surface area (Å²) in [6.07, 6.45) is 2.74. The number of anilines is 1. The molecule has 1 heterocycles. The molecule has 0 aliphatic heterocycles. The maximum Gasteiger partial charge on any atom is 0.172 e. The minimum absolute atomic E-state index is 0.204. The number of thiocarbonyl (C=S) groups is 1. The van der Waals surface area contributed by atoms with E-state index in [0.29, 0.717) is 5.11 Å². The molecule has 21 heavy (non-hydrogen) atoms. The Bertz CT molecular complexity index is 608. The standard InChI is InChI=1S/C17H21N3S/c1-4-15(14-7-5-12(2)6-8-14)19-17(21)20-16-11-13(3)9-10-18-16/h5-11,15H,4H2,1-3H3,(H2,18,19,20,21)/t15-/m0/s1. The minimum Gasteiger partial charge on any atom is -0.356 e. The highest BCUT2D eigenvalue weighted by atomic mass is 32.1. The zero-order chi connectivity index (χ0) is 15.2. The van der Waals surface area contributed by atoms with Crippen molar-refractivity contribution < 1.29 is 0 Å². The van der Waals surface area contributed by atoms with Crippen LogP contribution in [0.3, 0.4) is 0 Å². The third-order valence-corrected chi connectivity index (χ3v) is 3.57. The Morgan fingerprint density at radius 3 is 2.48 bits per heavy atom. The highest BCUT2D eigenvalue weighted by Crippen LogP contribution is 2.17. The lowest BCUT2D eigenvalue weighted by molar-refractivity contribution is 0.629. The highest BCUT2D eigenvalue weighted by Gasteiger charge is 2.10. The van der Waals surface area contributed by atoms with Gasteiger partial charge in [-0.15, -0.1) is 0 Å². The average molecular weight is 299 g/mol. The number of benzene rings is 1. The van der Waals surface area contributed by atoms with Gasteiger partial charge in [-0.2, -0.15) is 0 Å². The second kappa shape index (κ2) is 7.18. The smallest absolute Gasteiger partial charge is 0.172 e. The van der Waals surface area contributed by atoms with Gasteiger partial charge in [0, 0.05) is 6.20 Å². The molecule has 2 rings (SSSR count). The fourth-order valence-corrected chi connectivity index (χ4v) is 2.38. The summed E-state index contributed by atoms with van der Waals surface area (Å²) < 4.78 is 0. The number of aryl methyl sites for hydroxylation is 2. The van der Waals surface area contributed by atoms with E-state index in [1.54, 1.807) is 6.20 Å². The van der Waals surface area contributed by atoms with Gasteiger partial charge >= 0.3 is 0 Å². The van der Waals surface area contributed by atoms with Gasteiger partial charge < -0.3 is 10.6 Å². The van der Waals surface area contributed by atoms with Crippen molar-refractivity contribution in [3.8, 4) is 0 Å². The van der Waals surface area contributed by atoms with E-state index < -0.39 is 0 Å². The van der Waals surface area contributed by atoms with Crippen LogP contribution >= 0.6 is 12.2 Å². The first kappa shape index (κ1) is 15.4. The summed E-state index contributed by atoms with van der Waals surface area (Å²) in [6.45, 7) is 6.27. The van der Waals surface area contributed by atoms with Crippen LogP contribution in [0.1, 0.15) is 36.1 Å². The van der Waals surface area contributed by atoms with Crippen molar-refractivity contribution in [3.63, 3.8) is 0 Å². The predicted molar refractivity (Wildman–Crippen MR) is 92.5 cm³/mol. The Labute approximate surface area is 131 Å². The minimum atomic E-state index is 0.204. The van der Waals surface area contributed by atoms with E-state index in [1.807, 2.05) is 19.1 Å². The normalized spacial score (nSPS) is 11.8. The molecule has 4 heteroatoms. The van der Waals surface area contributed by atoms with Crippen molar-refractivity contribution >= 4 is 23.1 Å². The maximum atomic E-state index is 5.39. The van der Waals surface area contributed by atoms with Crippen LogP contribution in [-0.2, 0) is 0 Å². The summed E-state index contributed by atoms with van der Waals surface area (Å²) in [5, 5.41) is 7.09. The Kier molecular flexibility index (Phi) is 5.28.